The van der Waals surface area contributed by atoms with E-state index >= 15 is 0 Å². The van der Waals surface area contributed by atoms with Crippen molar-refractivity contribution in [1.82, 2.24) is 15.1 Å². The Kier molecular flexibility index (Phi) is 8.41. The Morgan fingerprint density at radius 1 is 1.18 bits per heavy atom. The van der Waals surface area contributed by atoms with Crippen LogP contribution < -0.4 is 15.4 Å². The van der Waals surface area contributed by atoms with Crippen molar-refractivity contribution in [2.24, 2.45) is 11.8 Å². The number of nitrogens with one attached hydrogen (secondary N) is 2. The molecule has 1 aliphatic carbocycles. The van der Waals surface area contributed by atoms with Crippen molar-refractivity contribution >= 4 is 23.5 Å². The second-order valence-corrected chi connectivity index (χ2v) is 9.83. The van der Waals surface area contributed by atoms with Gasteiger partial charge in [0.2, 0.25) is 5.91 Å². The van der Waals surface area contributed by atoms with Crippen LogP contribution in [0.15, 0.2) is 18.2 Å². The van der Waals surface area contributed by atoms with Crippen LogP contribution in [-0.4, -0.2) is 79.7 Å². The van der Waals surface area contributed by atoms with E-state index < -0.39 is 0 Å². The lowest BCUT2D eigenvalue weighted by molar-refractivity contribution is -0.117. The first-order valence-corrected chi connectivity index (χ1v) is 12.0. The van der Waals surface area contributed by atoms with Crippen molar-refractivity contribution in [1.29, 1.82) is 0 Å². The first kappa shape index (κ1) is 25.8. The fourth-order valence-electron chi connectivity index (χ4n) is 4.06. The van der Waals surface area contributed by atoms with E-state index in [0.29, 0.717) is 30.1 Å². The van der Waals surface area contributed by atoms with Crippen molar-refractivity contribution in [3.63, 3.8) is 0 Å². The van der Waals surface area contributed by atoms with Crippen molar-refractivity contribution in [2.45, 2.75) is 58.7 Å². The number of ether oxygens (including phenoxy) is 2. The molecule has 9 nitrogen and oxygen atoms in total. The molecule has 3 rings (SSSR count). The number of urea groups is 1. The monoisotopic (exact) mass is 474 g/mol. The van der Waals surface area contributed by atoms with E-state index in [0.717, 1.165) is 12.8 Å². The van der Waals surface area contributed by atoms with Crippen molar-refractivity contribution in [3.05, 3.63) is 23.8 Å². The van der Waals surface area contributed by atoms with E-state index in [2.05, 4.69) is 10.6 Å². The van der Waals surface area contributed by atoms with E-state index in [4.69, 9.17) is 9.47 Å². The molecular weight excluding hydrogens is 436 g/mol. The van der Waals surface area contributed by atoms with Gasteiger partial charge in [0.05, 0.1) is 17.7 Å². The van der Waals surface area contributed by atoms with Gasteiger partial charge in [0.1, 0.15) is 12.4 Å². The van der Waals surface area contributed by atoms with Crippen LogP contribution in [0, 0.1) is 11.8 Å². The van der Waals surface area contributed by atoms with E-state index in [9.17, 15) is 14.4 Å². The summed E-state index contributed by atoms with van der Waals surface area (Å²) in [6.45, 7) is 8.82. The van der Waals surface area contributed by atoms with Gasteiger partial charge in [0.15, 0.2) is 0 Å². The number of methoxy groups -OCH3 is 1. The average molecular weight is 475 g/mol. The molecule has 4 amide bonds. The summed E-state index contributed by atoms with van der Waals surface area (Å²) in [4.78, 5) is 41.9. The van der Waals surface area contributed by atoms with Gasteiger partial charge in [-0.05, 0) is 51.8 Å². The molecule has 1 fully saturated rings. The normalized spacial score (nSPS) is 24.0. The number of nitrogens with zero attached hydrogens (tertiary/aromatic N) is 2. The molecule has 1 aromatic rings. The smallest absolute Gasteiger partial charge is 0.317 e. The summed E-state index contributed by atoms with van der Waals surface area (Å²) in [6.07, 6.45) is 1.53. The number of benzene rings is 1. The molecule has 0 aromatic heterocycles. The molecule has 0 bridgehead atoms. The Labute approximate surface area is 202 Å². The maximum Gasteiger partial charge on any atom is 0.317 e. The largest absolute Gasteiger partial charge is 0.491 e. The Hall–Kier alpha value is -2.81. The van der Waals surface area contributed by atoms with Crippen molar-refractivity contribution in [3.8, 4) is 5.75 Å². The quantitative estimate of drug-likeness (QED) is 0.699. The number of carbonyl (C=O) groups excluding carboxylic acids is 3. The van der Waals surface area contributed by atoms with Crippen LogP contribution in [-0.2, 0) is 9.53 Å². The second-order valence-electron chi connectivity index (χ2n) is 9.83. The third-order valence-electron chi connectivity index (χ3n) is 6.33. The molecule has 2 N–H and O–H groups in total. The standard InChI is InChI=1S/C25H38N4O5/c1-15(2)26-25(32)29-12-16(3)22(33-6)13-28(5)24(31)20-11-19(27-23(30)18-7-8-18)9-10-21(20)34-14-17(29)4/h9-11,15-18,22H,7-8,12-14H2,1-6H3,(H,26,32)(H,27,30)/t16-,17+,22-/m1/s1. The van der Waals surface area contributed by atoms with Crippen LogP contribution in [0.3, 0.4) is 0 Å². The molecule has 188 valence electrons. The summed E-state index contributed by atoms with van der Waals surface area (Å²) in [5, 5.41) is 5.87. The first-order chi connectivity index (χ1) is 16.1. The Bertz CT molecular complexity index is 901. The highest BCUT2D eigenvalue weighted by Crippen LogP contribution is 2.31. The molecule has 3 atom stereocenters. The molecule has 0 radical (unpaired) electrons. The van der Waals surface area contributed by atoms with Gasteiger partial charge in [0, 0.05) is 50.8 Å². The molecule has 9 heteroatoms. The number of carbonyl (C=O) groups is 3. The topological polar surface area (TPSA) is 100 Å². The highest BCUT2D eigenvalue weighted by atomic mass is 16.5. The SMILES string of the molecule is CO[C@@H]1CN(C)C(=O)c2cc(NC(=O)C3CC3)ccc2OC[C@H](C)N(C(=O)NC(C)C)C[C@H]1C. The molecule has 0 unspecified atom stereocenters. The summed E-state index contributed by atoms with van der Waals surface area (Å²) in [5.41, 5.74) is 0.931. The van der Waals surface area contributed by atoms with E-state index in [1.54, 1.807) is 42.2 Å². The fraction of sp³-hybridized carbons (Fsp3) is 0.640. The maximum absolute atomic E-state index is 13.4. The number of amides is 4. The van der Waals surface area contributed by atoms with Crippen LogP contribution in [0.1, 0.15) is 50.9 Å². The molecular formula is C25H38N4O5. The summed E-state index contributed by atoms with van der Waals surface area (Å²) in [6, 6.07) is 4.72. The lowest BCUT2D eigenvalue weighted by atomic mass is 10.0. The molecule has 1 heterocycles. The fourth-order valence-corrected chi connectivity index (χ4v) is 4.06. The van der Waals surface area contributed by atoms with Gasteiger partial charge in [-0.15, -0.1) is 0 Å². The Morgan fingerprint density at radius 2 is 1.88 bits per heavy atom. The van der Waals surface area contributed by atoms with Gasteiger partial charge in [0.25, 0.3) is 5.91 Å². The van der Waals surface area contributed by atoms with Gasteiger partial charge in [-0.1, -0.05) is 6.92 Å². The minimum absolute atomic E-state index is 0.00396. The third kappa shape index (κ3) is 6.40. The van der Waals surface area contributed by atoms with Crippen LogP contribution >= 0.6 is 0 Å². The van der Waals surface area contributed by atoms with E-state index in [-0.39, 0.29) is 54.5 Å². The number of hydrogen-bond donors (Lipinski definition) is 2. The number of fused-ring (bicyclic) bond motifs is 1. The van der Waals surface area contributed by atoms with Gasteiger partial charge in [-0.3, -0.25) is 9.59 Å². The molecule has 2 aliphatic rings. The van der Waals surface area contributed by atoms with Crippen LogP contribution in [0.5, 0.6) is 5.75 Å². The summed E-state index contributed by atoms with van der Waals surface area (Å²) >= 11 is 0. The molecule has 1 aliphatic heterocycles. The Morgan fingerprint density at radius 3 is 2.50 bits per heavy atom. The molecule has 1 aromatic carbocycles. The zero-order valence-electron chi connectivity index (χ0n) is 21.1. The first-order valence-electron chi connectivity index (χ1n) is 12.0. The number of likely N-dealkylation sites (N-methyl/N-ethyl adjacent to an activating group) is 1. The van der Waals surface area contributed by atoms with E-state index in [1.165, 1.54) is 0 Å². The average Bonchev–Trinajstić information content (AvgIpc) is 3.63. The summed E-state index contributed by atoms with van der Waals surface area (Å²) in [5.74, 6) is 0.213. The maximum atomic E-state index is 13.4. The molecule has 0 saturated heterocycles. The number of anilines is 1. The highest BCUT2D eigenvalue weighted by molar-refractivity contribution is 6.00. The van der Waals surface area contributed by atoms with E-state index in [1.807, 2.05) is 27.7 Å². The van der Waals surface area contributed by atoms with Crippen molar-refractivity contribution < 1.29 is 23.9 Å². The predicted octanol–water partition coefficient (Wildman–Crippen LogP) is 2.96. The highest BCUT2D eigenvalue weighted by Gasteiger charge is 2.32. The third-order valence-corrected chi connectivity index (χ3v) is 6.33. The van der Waals surface area contributed by atoms with Crippen LogP contribution in [0.4, 0.5) is 10.5 Å². The van der Waals surface area contributed by atoms with Gasteiger partial charge >= 0.3 is 6.03 Å². The summed E-state index contributed by atoms with van der Waals surface area (Å²) in [7, 11) is 3.34. The number of hydrogen-bond acceptors (Lipinski definition) is 5. The number of rotatable bonds is 4. The van der Waals surface area contributed by atoms with Crippen molar-refractivity contribution in [2.75, 3.05) is 39.2 Å². The predicted molar refractivity (Wildman–Crippen MR) is 130 cm³/mol. The Balaban J connectivity index is 1.92. The van der Waals surface area contributed by atoms with Crippen LogP contribution in [0.25, 0.3) is 0 Å². The zero-order valence-corrected chi connectivity index (χ0v) is 21.1. The molecule has 0 spiro atoms. The second kappa shape index (κ2) is 11.1. The zero-order chi connectivity index (χ0) is 25.0. The van der Waals surface area contributed by atoms with Gasteiger partial charge in [-0.25, -0.2) is 4.79 Å². The van der Waals surface area contributed by atoms with Gasteiger partial charge in [-0.2, -0.15) is 0 Å². The lowest BCUT2D eigenvalue weighted by Crippen LogP contribution is -2.52. The lowest BCUT2D eigenvalue weighted by Gasteiger charge is -2.36. The van der Waals surface area contributed by atoms with Gasteiger partial charge < -0.3 is 29.9 Å². The minimum Gasteiger partial charge on any atom is -0.491 e. The molecule has 34 heavy (non-hydrogen) atoms. The minimum atomic E-state index is -0.267. The summed E-state index contributed by atoms with van der Waals surface area (Å²) < 4.78 is 11.8. The van der Waals surface area contributed by atoms with Crippen LogP contribution in [0.2, 0.25) is 0 Å². The molecule has 1 saturated carbocycles.